The van der Waals surface area contributed by atoms with Crippen LogP contribution < -0.4 is 15.1 Å². The first kappa shape index (κ1) is 27.3. The van der Waals surface area contributed by atoms with E-state index in [1.807, 2.05) is 0 Å². The lowest BCUT2D eigenvalue weighted by molar-refractivity contribution is 0.632. The molecule has 45 heavy (non-hydrogen) atoms. The molecule has 1 N–H and O–H groups in total. The van der Waals surface area contributed by atoms with Gasteiger partial charge in [-0.3, -0.25) is 0 Å². The molecule has 0 amide bonds. The van der Waals surface area contributed by atoms with Gasteiger partial charge >= 0.3 is 0 Å². The van der Waals surface area contributed by atoms with Crippen LogP contribution in [0.25, 0.3) is 0 Å². The van der Waals surface area contributed by atoms with E-state index in [0.717, 1.165) is 22.7 Å². The van der Waals surface area contributed by atoms with Crippen molar-refractivity contribution in [1.82, 2.24) is 0 Å². The van der Waals surface area contributed by atoms with Gasteiger partial charge in [-0.2, -0.15) is 0 Å². The summed E-state index contributed by atoms with van der Waals surface area (Å²) in [5, 5.41) is 3.63. The quantitative estimate of drug-likeness (QED) is 0.223. The second-order valence-electron chi connectivity index (χ2n) is 13.2. The van der Waals surface area contributed by atoms with Crippen molar-refractivity contribution in [1.29, 1.82) is 0 Å². The zero-order valence-electron chi connectivity index (χ0n) is 26.3. The third kappa shape index (κ3) is 4.26. The maximum absolute atomic E-state index is 3.63. The summed E-state index contributed by atoms with van der Waals surface area (Å²) >= 11 is 0. The fourth-order valence-corrected chi connectivity index (χ4v) is 7.45. The summed E-state index contributed by atoms with van der Waals surface area (Å²) in [6.45, 7) is 9.29. The number of nitrogens with zero attached hydrogens (tertiary/aromatic N) is 2. The normalized spacial score (nSPS) is 15.4. The monoisotopic (exact) mass is 583 g/mol. The van der Waals surface area contributed by atoms with Crippen LogP contribution in [0, 0.1) is 0 Å². The summed E-state index contributed by atoms with van der Waals surface area (Å²) in [6.07, 6.45) is 0. The van der Waals surface area contributed by atoms with Gasteiger partial charge in [0.05, 0.1) is 22.7 Å². The molecule has 0 bridgehead atoms. The van der Waals surface area contributed by atoms with Crippen molar-refractivity contribution in [2.75, 3.05) is 15.1 Å². The van der Waals surface area contributed by atoms with Crippen LogP contribution in [-0.4, -0.2) is 0 Å². The topological polar surface area (TPSA) is 18.5 Å². The molecule has 2 heterocycles. The fourth-order valence-electron chi connectivity index (χ4n) is 7.45. The van der Waals surface area contributed by atoms with Crippen molar-refractivity contribution in [3.63, 3.8) is 0 Å². The average Bonchev–Trinajstić information content (AvgIpc) is 3.07. The second kappa shape index (κ2) is 10.1. The third-order valence-corrected chi connectivity index (χ3v) is 9.81. The van der Waals surface area contributed by atoms with Crippen molar-refractivity contribution in [2.45, 2.75) is 38.5 Å². The van der Waals surface area contributed by atoms with Crippen molar-refractivity contribution in [2.24, 2.45) is 0 Å². The first-order chi connectivity index (χ1) is 21.8. The molecule has 0 aromatic heterocycles. The summed E-state index contributed by atoms with van der Waals surface area (Å²) < 4.78 is 0. The standard InChI is InChI=1S/C42H37N3/c1-41(2)33-13-5-9-17-37(33)44(38-18-10-6-14-34(38)41)31-25-21-29(22-26-31)43-30-23-27-32(28-24-30)45-39-19-11-7-15-35(39)42(3,4)36-16-8-12-20-40(36)45/h5-28,43H,1-4H3. The summed E-state index contributed by atoms with van der Waals surface area (Å²) in [6, 6.07) is 52.7. The largest absolute Gasteiger partial charge is 0.356 e. The van der Waals surface area contributed by atoms with E-state index in [-0.39, 0.29) is 10.8 Å². The maximum atomic E-state index is 3.63. The van der Waals surface area contributed by atoms with Gasteiger partial charge in [-0.15, -0.1) is 0 Å². The highest BCUT2D eigenvalue weighted by Crippen LogP contribution is 2.53. The lowest BCUT2D eigenvalue weighted by Crippen LogP contribution is -2.30. The number of para-hydroxylation sites is 4. The first-order valence-electron chi connectivity index (χ1n) is 15.8. The zero-order chi connectivity index (χ0) is 30.8. The number of anilines is 8. The van der Waals surface area contributed by atoms with Gasteiger partial charge in [0.15, 0.2) is 0 Å². The van der Waals surface area contributed by atoms with Gasteiger partial charge in [-0.1, -0.05) is 100 Å². The summed E-state index contributed by atoms with van der Waals surface area (Å²) in [5.74, 6) is 0. The number of benzene rings is 6. The molecule has 0 unspecified atom stereocenters. The number of fused-ring (bicyclic) bond motifs is 4. The maximum Gasteiger partial charge on any atom is 0.0502 e. The molecular formula is C42H37N3. The third-order valence-electron chi connectivity index (χ3n) is 9.81. The molecule has 0 radical (unpaired) electrons. The summed E-state index contributed by atoms with van der Waals surface area (Å²) in [7, 11) is 0. The zero-order valence-corrected chi connectivity index (χ0v) is 26.3. The van der Waals surface area contributed by atoms with Crippen LogP contribution >= 0.6 is 0 Å². The molecule has 6 aromatic carbocycles. The highest BCUT2D eigenvalue weighted by Gasteiger charge is 2.37. The number of hydrogen-bond acceptors (Lipinski definition) is 3. The van der Waals surface area contributed by atoms with Crippen LogP contribution in [-0.2, 0) is 10.8 Å². The molecule has 0 fully saturated rings. The molecule has 2 aliphatic rings. The van der Waals surface area contributed by atoms with Crippen LogP contribution in [0.1, 0.15) is 49.9 Å². The Morgan fingerprint density at radius 1 is 0.356 bits per heavy atom. The van der Waals surface area contributed by atoms with Crippen molar-refractivity contribution >= 4 is 45.5 Å². The summed E-state index contributed by atoms with van der Waals surface area (Å²) in [4.78, 5) is 4.79. The van der Waals surface area contributed by atoms with E-state index in [2.05, 4.69) is 188 Å². The van der Waals surface area contributed by atoms with Gasteiger partial charge in [0, 0.05) is 33.6 Å². The van der Waals surface area contributed by atoms with Crippen LogP contribution in [0.15, 0.2) is 146 Å². The summed E-state index contributed by atoms with van der Waals surface area (Å²) in [5.41, 5.74) is 14.6. The van der Waals surface area contributed by atoms with E-state index in [0.29, 0.717) is 0 Å². The Morgan fingerprint density at radius 3 is 0.911 bits per heavy atom. The minimum absolute atomic E-state index is 0.0636. The molecule has 2 aliphatic heterocycles. The fraction of sp³-hybridized carbons (Fsp3) is 0.143. The molecule has 0 saturated carbocycles. The Bertz CT molecular complexity index is 1790. The van der Waals surface area contributed by atoms with E-state index < -0.39 is 0 Å². The molecule has 3 nitrogen and oxygen atoms in total. The number of rotatable bonds is 4. The Kier molecular flexibility index (Phi) is 6.15. The lowest BCUT2D eigenvalue weighted by Gasteiger charge is -2.42. The van der Waals surface area contributed by atoms with Crippen LogP contribution in [0.3, 0.4) is 0 Å². The number of hydrogen-bond donors (Lipinski definition) is 1. The van der Waals surface area contributed by atoms with Gasteiger partial charge in [-0.05, 0) is 95.1 Å². The van der Waals surface area contributed by atoms with Crippen molar-refractivity contribution in [3.8, 4) is 0 Å². The van der Waals surface area contributed by atoms with E-state index in [1.165, 1.54) is 45.0 Å². The van der Waals surface area contributed by atoms with Gasteiger partial charge < -0.3 is 15.1 Å². The smallest absolute Gasteiger partial charge is 0.0502 e. The molecule has 0 atom stereocenters. The minimum Gasteiger partial charge on any atom is -0.356 e. The van der Waals surface area contributed by atoms with Gasteiger partial charge in [0.25, 0.3) is 0 Å². The minimum atomic E-state index is -0.0636. The second-order valence-corrected chi connectivity index (χ2v) is 13.2. The molecular weight excluding hydrogens is 546 g/mol. The van der Waals surface area contributed by atoms with Crippen molar-refractivity contribution in [3.05, 3.63) is 168 Å². The van der Waals surface area contributed by atoms with Gasteiger partial charge in [0.1, 0.15) is 0 Å². The van der Waals surface area contributed by atoms with E-state index in [9.17, 15) is 0 Å². The molecule has 0 saturated heterocycles. The number of nitrogens with one attached hydrogen (secondary N) is 1. The Morgan fingerprint density at radius 2 is 0.622 bits per heavy atom. The lowest BCUT2D eigenvalue weighted by atomic mass is 9.73. The molecule has 0 spiro atoms. The van der Waals surface area contributed by atoms with Crippen molar-refractivity contribution < 1.29 is 0 Å². The molecule has 220 valence electrons. The predicted molar refractivity (Wildman–Crippen MR) is 190 cm³/mol. The Hall–Kier alpha value is -5.28. The van der Waals surface area contributed by atoms with E-state index in [4.69, 9.17) is 0 Å². The van der Waals surface area contributed by atoms with Crippen LogP contribution in [0.4, 0.5) is 45.5 Å². The van der Waals surface area contributed by atoms with Gasteiger partial charge in [0.2, 0.25) is 0 Å². The first-order valence-corrected chi connectivity index (χ1v) is 15.8. The highest BCUT2D eigenvalue weighted by molar-refractivity contribution is 5.88. The molecule has 8 rings (SSSR count). The van der Waals surface area contributed by atoms with E-state index in [1.54, 1.807) is 0 Å². The molecule has 0 aliphatic carbocycles. The van der Waals surface area contributed by atoms with E-state index >= 15 is 0 Å². The van der Waals surface area contributed by atoms with Crippen LogP contribution in [0.5, 0.6) is 0 Å². The highest BCUT2D eigenvalue weighted by atomic mass is 15.2. The van der Waals surface area contributed by atoms with Crippen LogP contribution in [0.2, 0.25) is 0 Å². The average molecular weight is 584 g/mol. The SMILES string of the molecule is CC1(C)c2ccccc2N(c2ccc(Nc3ccc(N4c5ccccc5C(C)(C)c5ccccc54)cc3)cc2)c2ccccc21. The Balaban J connectivity index is 1.09. The molecule has 6 aromatic rings. The Labute approximate surface area is 266 Å². The molecule has 3 heteroatoms. The van der Waals surface area contributed by atoms with Gasteiger partial charge in [-0.25, -0.2) is 0 Å². The predicted octanol–water partition coefficient (Wildman–Crippen LogP) is 11.6.